The first-order valence-corrected chi connectivity index (χ1v) is 10.0. The molecule has 2 aromatic rings. The molecule has 6 heteroatoms. The zero-order valence-corrected chi connectivity index (χ0v) is 17.5. The minimum atomic E-state index is -0.679. The number of carbonyl (C=O) groups excluding carboxylic acids is 2. The molecular weight excluding hydrogens is 382 g/mol. The summed E-state index contributed by atoms with van der Waals surface area (Å²) >= 11 is 0. The van der Waals surface area contributed by atoms with Crippen LogP contribution in [0.4, 0.5) is 0 Å². The molecule has 0 aromatic heterocycles. The molecule has 0 saturated carbocycles. The van der Waals surface area contributed by atoms with Gasteiger partial charge in [0.15, 0.2) is 0 Å². The maximum atomic E-state index is 12.9. The molecule has 1 amide bonds. The molecule has 3 rings (SSSR count). The van der Waals surface area contributed by atoms with Gasteiger partial charge in [-0.15, -0.1) is 0 Å². The van der Waals surface area contributed by atoms with Gasteiger partial charge in [-0.3, -0.25) is 9.59 Å². The molecule has 1 heterocycles. The van der Waals surface area contributed by atoms with Crippen molar-refractivity contribution >= 4 is 17.4 Å². The zero-order valence-electron chi connectivity index (χ0n) is 17.5. The minimum Gasteiger partial charge on any atom is -0.507 e. The van der Waals surface area contributed by atoms with Gasteiger partial charge >= 0.3 is 0 Å². The van der Waals surface area contributed by atoms with Gasteiger partial charge in [0, 0.05) is 18.7 Å². The average molecular weight is 409 g/mol. The molecular formula is C24H27NO5. The topological polar surface area (TPSA) is 76.1 Å². The molecule has 30 heavy (non-hydrogen) atoms. The van der Waals surface area contributed by atoms with Gasteiger partial charge in [0.1, 0.15) is 11.5 Å². The first-order chi connectivity index (χ1) is 14.4. The zero-order chi connectivity index (χ0) is 21.7. The van der Waals surface area contributed by atoms with E-state index in [9.17, 15) is 14.7 Å². The Hall–Kier alpha value is -3.12. The van der Waals surface area contributed by atoms with Crippen LogP contribution in [0.3, 0.4) is 0 Å². The van der Waals surface area contributed by atoms with Gasteiger partial charge in [-0.25, -0.2) is 0 Å². The van der Waals surface area contributed by atoms with Crippen molar-refractivity contribution in [2.24, 2.45) is 0 Å². The molecule has 0 bridgehead atoms. The predicted octanol–water partition coefficient (Wildman–Crippen LogP) is 3.93. The van der Waals surface area contributed by atoms with Gasteiger partial charge in [-0.1, -0.05) is 42.5 Å². The Labute approximate surface area is 176 Å². The highest BCUT2D eigenvalue weighted by Gasteiger charge is 2.45. The average Bonchev–Trinajstić information content (AvgIpc) is 3.01. The summed E-state index contributed by atoms with van der Waals surface area (Å²) in [5, 5.41) is 10.9. The summed E-state index contributed by atoms with van der Waals surface area (Å²) < 4.78 is 10.8. The number of Topliss-reactive ketones (excluding diaryl/α,β-unsaturated/α-hetero) is 1. The van der Waals surface area contributed by atoms with E-state index in [0.29, 0.717) is 30.9 Å². The molecule has 0 spiro atoms. The number of carbonyl (C=O) groups is 2. The largest absolute Gasteiger partial charge is 0.507 e. The minimum absolute atomic E-state index is 0.0934. The third kappa shape index (κ3) is 4.54. The van der Waals surface area contributed by atoms with Crippen molar-refractivity contribution in [3.05, 3.63) is 71.3 Å². The number of amides is 1. The molecule has 6 nitrogen and oxygen atoms in total. The highest BCUT2D eigenvalue weighted by molar-refractivity contribution is 6.46. The van der Waals surface area contributed by atoms with Gasteiger partial charge in [0.05, 0.1) is 24.8 Å². The van der Waals surface area contributed by atoms with Crippen LogP contribution >= 0.6 is 0 Å². The number of rotatable bonds is 8. The van der Waals surface area contributed by atoms with Crippen molar-refractivity contribution in [2.75, 3.05) is 20.3 Å². The fraction of sp³-hybridized carbons (Fsp3) is 0.333. The van der Waals surface area contributed by atoms with E-state index < -0.39 is 17.7 Å². The second kappa shape index (κ2) is 9.59. The van der Waals surface area contributed by atoms with E-state index in [1.807, 2.05) is 32.0 Å². The van der Waals surface area contributed by atoms with Crippen LogP contribution in [0.5, 0.6) is 5.75 Å². The molecule has 158 valence electrons. The second-order valence-electron chi connectivity index (χ2n) is 7.40. The van der Waals surface area contributed by atoms with Gasteiger partial charge in [0.25, 0.3) is 11.7 Å². The summed E-state index contributed by atoms with van der Waals surface area (Å²) in [4.78, 5) is 27.3. The Balaban J connectivity index is 2.01. The molecule has 1 atom stereocenters. The molecule has 1 aliphatic heterocycles. The smallest absolute Gasteiger partial charge is 0.295 e. The van der Waals surface area contributed by atoms with Crippen LogP contribution in [0.15, 0.2) is 60.2 Å². The van der Waals surface area contributed by atoms with E-state index in [1.54, 1.807) is 43.5 Å². The number of benzene rings is 2. The highest BCUT2D eigenvalue weighted by Crippen LogP contribution is 2.39. The lowest BCUT2D eigenvalue weighted by Crippen LogP contribution is -2.31. The fourth-order valence-corrected chi connectivity index (χ4v) is 3.55. The molecule has 1 aliphatic rings. The predicted molar refractivity (Wildman–Crippen MR) is 114 cm³/mol. The number of aliphatic hydroxyl groups is 1. The number of hydrogen-bond donors (Lipinski definition) is 1. The van der Waals surface area contributed by atoms with Crippen molar-refractivity contribution in [3.8, 4) is 5.75 Å². The fourth-order valence-electron chi connectivity index (χ4n) is 3.55. The number of likely N-dealkylation sites (tertiary alicyclic amines) is 1. The third-order valence-electron chi connectivity index (χ3n) is 5.01. The van der Waals surface area contributed by atoms with E-state index in [4.69, 9.17) is 9.47 Å². The highest BCUT2D eigenvalue weighted by atomic mass is 16.5. The number of aliphatic hydroxyl groups excluding tert-OH is 1. The maximum Gasteiger partial charge on any atom is 0.295 e. The van der Waals surface area contributed by atoms with Crippen LogP contribution in [-0.2, 0) is 14.3 Å². The first-order valence-electron chi connectivity index (χ1n) is 10.0. The lowest BCUT2D eigenvalue weighted by Gasteiger charge is -2.25. The lowest BCUT2D eigenvalue weighted by molar-refractivity contribution is -0.140. The van der Waals surface area contributed by atoms with Gasteiger partial charge in [-0.2, -0.15) is 0 Å². The summed E-state index contributed by atoms with van der Waals surface area (Å²) in [6.07, 6.45) is 0.680. The van der Waals surface area contributed by atoms with Crippen LogP contribution in [0, 0.1) is 0 Å². The van der Waals surface area contributed by atoms with E-state index in [-0.39, 0.29) is 17.4 Å². The van der Waals surface area contributed by atoms with Crippen LogP contribution in [0.25, 0.3) is 5.76 Å². The lowest BCUT2D eigenvalue weighted by atomic mass is 9.95. The number of ether oxygens (including phenoxy) is 2. The van der Waals surface area contributed by atoms with Crippen LogP contribution < -0.4 is 4.74 Å². The Kier molecular flexibility index (Phi) is 6.90. The first kappa shape index (κ1) is 21.6. The van der Waals surface area contributed by atoms with Crippen molar-refractivity contribution in [1.82, 2.24) is 4.90 Å². The van der Waals surface area contributed by atoms with E-state index in [2.05, 4.69) is 0 Å². The quantitative estimate of drug-likeness (QED) is 0.309. The second-order valence-corrected chi connectivity index (χ2v) is 7.40. The number of hydrogen-bond acceptors (Lipinski definition) is 5. The summed E-state index contributed by atoms with van der Waals surface area (Å²) in [6.45, 7) is 4.72. The Morgan fingerprint density at radius 1 is 1.07 bits per heavy atom. The molecule has 1 saturated heterocycles. The molecule has 2 aromatic carbocycles. The van der Waals surface area contributed by atoms with Gasteiger partial charge < -0.3 is 19.5 Å². The van der Waals surface area contributed by atoms with Crippen molar-refractivity contribution < 1.29 is 24.2 Å². The Morgan fingerprint density at radius 2 is 1.73 bits per heavy atom. The van der Waals surface area contributed by atoms with Crippen molar-refractivity contribution in [3.63, 3.8) is 0 Å². The number of methoxy groups -OCH3 is 1. The molecule has 1 N–H and O–H groups in total. The summed E-state index contributed by atoms with van der Waals surface area (Å²) in [6, 6.07) is 15.3. The summed E-state index contributed by atoms with van der Waals surface area (Å²) in [5.74, 6) is -0.792. The maximum absolute atomic E-state index is 12.9. The molecule has 0 unspecified atom stereocenters. The van der Waals surface area contributed by atoms with E-state index in [1.165, 1.54) is 4.90 Å². The van der Waals surface area contributed by atoms with Crippen LogP contribution in [-0.4, -0.2) is 48.1 Å². The normalized spacial score (nSPS) is 18.3. The van der Waals surface area contributed by atoms with Crippen molar-refractivity contribution in [1.29, 1.82) is 0 Å². The van der Waals surface area contributed by atoms with Crippen LogP contribution in [0.1, 0.15) is 37.4 Å². The van der Waals surface area contributed by atoms with Crippen LogP contribution in [0.2, 0.25) is 0 Å². The molecule has 1 fully saturated rings. The van der Waals surface area contributed by atoms with E-state index >= 15 is 0 Å². The molecule has 0 aliphatic carbocycles. The van der Waals surface area contributed by atoms with Crippen molar-refractivity contribution in [2.45, 2.75) is 32.4 Å². The number of ketones is 1. The standard InChI is InChI=1S/C24H27NO5/c1-16(2)30-15-7-14-25-21(17-10-12-19(29-3)13-11-17)20(23(27)24(25)28)22(26)18-8-5-4-6-9-18/h4-6,8-13,16,21,26H,7,14-15H2,1-3H3/t21-/m0/s1. The third-order valence-corrected chi connectivity index (χ3v) is 5.01. The summed E-state index contributed by atoms with van der Waals surface area (Å²) in [7, 11) is 1.57. The monoisotopic (exact) mass is 409 g/mol. The van der Waals surface area contributed by atoms with E-state index in [0.717, 1.165) is 5.56 Å². The van der Waals surface area contributed by atoms with Gasteiger partial charge in [-0.05, 0) is 38.0 Å². The SMILES string of the molecule is COc1ccc([C@H]2C(=C(O)c3ccccc3)C(=O)C(=O)N2CCCOC(C)C)cc1. The van der Waals surface area contributed by atoms with Gasteiger partial charge in [0.2, 0.25) is 0 Å². The Bertz CT molecular complexity index is 918. The number of nitrogens with zero attached hydrogens (tertiary/aromatic N) is 1. The molecule has 0 radical (unpaired) electrons. The summed E-state index contributed by atoms with van der Waals surface area (Å²) in [5.41, 5.74) is 1.33. The Morgan fingerprint density at radius 3 is 2.33 bits per heavy atom.